The third-order valence-corrected chi connectivity index (χ3v) is 12.5. The van der Waals surface area contributed by atoms with Gasteiger partial charge in [-0.1, -0.05) is 0 Å². The van der Waals surface area contributed by atoms with E-state index in [0.29, 0.717) is 26.2 Å². The normalized spacial score (nSPS) is 14.3. The molecule has 0 saturated heterocycles. The van der Waals surface area contributed by atoms with E-state index in [9.17, 15) is 0 Å². The molecule has 0 aromatic heterocycles. The van der Waals surface area contributed by atoms with Crippen LogP contribution in [0.5, 0.6) is 0 Å². The van der Waals surface area contributed by atoms with Crippen molar-refractivity contribution in [3.8, 4) is 0 Å². The van der Waals surface area contributed by atoms with E-state index in [4.69, 9.17) is 20.0 Å². The van der Waals surface area contributed by atoms with Crippen molar-refractivity contribution >= 4 is 81.2 Å². The minimum absolute atomic E-state index is 0.589. The molecule has 0 N–H and O–H groups in total. The summed E-state index contributed by atoms with van der Waals surface area (Å²) in [7, 11) is 0. The van der Waals surface area contributed by atoms with Crippen molar-refractivity contribution in [1.29, 1.82) is 0 Å². The van der Waals surface area contributed by atoms with Crippen LogP contribution in [0.3, 0.4) is 0 Å². The number of rotatable bonds is 0. The Morgan fingerprint density at radius 1 is 0.342 bits per heavy atom. The standard InChI is InChI=1S/C32H28N4Te2/c1-5-13-29-25(9-1)21-33-17-18-34-23-27-11-3-7-15-31(27)38-32-16-8-4-12-28(32)24-36-20-19-35-22-26-10-2-6-14-30(26)37-29/h1-16,21-24H,17-20H2. The van der Waals surface area contributed by atoms with Gasteiger partial charge in [0.25, 0.3) is 0 Å². The number of fused-ring (bicyclic) bond motifs is 4. The second kappa shape index (κ2) is 14.3. The van der Waals surface area contributed by atoms with Crippen LogP contribution in [-0.4, -0.2) is 92.9 Å². The van der Waals surface area contributed by atoms with Gasteiger partial charge in [0.15, 0.2) is 0 Å². The molecule has 0 spiro atoms. The van der Waals surface area contributed by atoms with Crippen LogP contribution in [0.15, 0.2) is 117 Å². The topological polar surface area (TPSA) is 49.4 Å². The summed E-state index contributed by atoms with van der Waals surface area (Å²) in [5.74, 6) is 0. The first-order chi connectivity index (χ1) is 18.9. The van der Waals surface area contributed by atoms with E-state index in [-0.39, 0.29) is 0 Å². The van der Waals surface area contributed by atoms with Crippen molar-refractivity contribution in [2.45, 2.75) is 0 Å². The van der Waals surface area contributed by atoms with Gasteiger partial charge >= 0.3 is 247 Å². The fourth-order valence-electron chi connectivity index (χ4n) is 3.84. The van der Waals surface area contributed by atoms with Crippen molar-refractivity contribution < 1.29 is 0 Å². The van der Waals surface area contributed by atoms with Gasteiger partial charge < -0.3 is 0 Å². The first-order valence-electron chi connectivity index (χ1n) is 12.6. The van der Waals surface area contributed by atoms with Crippen molar-refractivity contribution in [2.24, 2.45) is 20.0 Å². The van der Waals surface area contributed by atoms with E-state index in [1.807, 2.05) is 24.9 Å². The molecule has 0 radical (unpaired) electrons. The Balaban J connectivity index is 1.44. The predicted molar refractivity (Wildman–Crippen MR) is 166 cm³/mol. The molecule has 6 heteroatoms. The van der Waals surface area contributed by atoms with Crippen LogP contribution in [0.2, 0.25) is 0 Å². The Hall–Kier alpha value is -2.86. The summed E-state index contributed by atoms with van der Waals surface area (Å²) in [5.41, 5.74) is 4.82. The molecule has 38 heavy (non-hydrogen) atoms. The summed E-state index contributed by atoms with van der Waals surface area (Å²) in [6.45, 7) is 2.69. The maximum absolute atomic E-state index is 4.72. The molecular weight excluding hydrogens is 696 g/mol. The first-order valence-corrected chi connectivity index (χ1v) is 17.2. The van der Waals surface area contributed by atoms with Gasteiger partial charge in [-0.15, -0.1) is 0 Å². The van der Waals surface area contributed by atoms with Gasteiger partial charge in [-0.25, -0.2) is 0 Å². The van der Waals surface area contributed by atoms with Gasteiger partial charge in [-0.2, -0.15) is 0 Å². The monoisotopic (exact) mass is 728 g/mol. The Morgan fingerprint density at radius 2 is 0.579 bits per heavy atom. The number of nitrogens with zero attached hydrogens (tertiary/aromatic N) is 4. The van der Waals surface area contributed by atoms with Crippen molar-refractivity contribution in [2.75, 3.05) is 26.2 Å². The summed E-state index contributed by atoms with van der Waals surface area (Å²) in [5, 5.41) is 0. The van der Waals surface area contributed by atoms with Crippen molar-refractivity contribution in [3.05, 3.63) is 119 Å². The van der Waals surface area contributed by atoms with Gasteiger partial charge in [0.2, 0.25) is 0 Å². The van der Waals surface area contributed by atoms with E-state index in [2.05, 4.69) is 97.1 Å². The molecular formula is C32H28N4Te2. The van der Waals surface area contributed by atoms with Crippen LogP contribution in [0.4, 0.5) is 0 Å². The van der Waals surface area contributed by atoms with Crippen LogP contribution < -0.4 is 14.4 Å². The van der Waals surface area contributed by atoms with E-state index in [0.717, 1.165) is 0 Å². The average Bonchev–Trinajstić information content (AvgIpc) is 2.95. The maximum atomic E-state index is 4.72. The molecule has 0 bridgehead atoms. The van der Waals surface area contributed by atoms with Crippen molar-refractivity contribution in [3.63, 3.8) is 0 Å². The third kappa shape index (κ3) is 7.59. The Bertz CT molecular complexity index is 1270. The average molecular weight is 724 g/mol. The molecule has 0 aliphatic carbocycles. The Morgan fingerprint density at radius 3 is 0.842 bits per heavy atom. The molecule has 4 nitrogen and oxygen atoms in total. The quantitative estimate of drug-likeness (QED) is 0.251. The van der Waals surface area contributed by atoms with Gasteiger partial charge in [0.05, 0.1) is 0 Å². The molecule has 5 rings (SSSR count). The number of benzene rings is 4. The molecule has 188 valence electrons. The summed E-state index contributed by atoms with van der Waals surface area (Å²) in [6.07, 6.45) is 8.09. The third-order valence-electron chi connectivity index (χ3n) is 5.75. The zero-order valence-corrected chi connectivity index (χ0v) is 25.6. The van der Waals surface area contributed by atoms with E-state index >= 15 is 0 Å². The van der Waals surface area contributed by atoms with Crippen LogP contribution >= 0.6 is 0 Å². The summed E-state index contributed by atoms with van der Waals surface area (Å²) in [6, 6.07) is 34.5. The Kier molecular flexibility index (Phi) is 10.1. The molecule has 1 aliphatic heterocycles. The van der Waals surface area contributed by atoms with Gasteiger partial charge in [0, 0.05) is 0 Å². The SMILES string of the molecule is C1=NCCN=Cc2ccccc2[Te]c2ccccc2C=NCCN=Cc2ccccc2[Te]c2ccccc21. The zero-order chi connectivity index (χ0) is 25.8. The van der Waals surface area contributed by atoms with E-state index < -0.39 is 41.8 Å². The van der Waals surface area contributed by atoms with Crippen LogP contribution in [0, 0.1) is 0 Å². The minimum atomic E-state index is -0.589. The fraction of sp³-hybridized carbons (Fsp3) is 0.125. The molecule has 0 atom stereocenters. The fourth-order valence-corrected chi connectivity index (χ4v) is 9.59. The van der Waals surface area contributed by atoms with Crippen LogP contribution in [0.25, 0.3) is 0 Å². The molecule has 0 unspecified atom stereocenters. The van der Waals surface area contributed by atoms with Gasteiger partial charge in [-0.05, 0) is 0 Å². The number of aliphatic imine (C=N–C) groups is 4. The van der Waals surface area contributed by atoms with Crippen LogP contribution in [-0.2, 0) is 0 Å². The second-order valence-electron chi connectivity index (χ2n) is 8.50. The summed E-state index contributed by atoms with van der Waals surface area (Å²) >= 11 is -1.18. The van der Waals surface area contributed by atoms with E-state index in [1.54, 1.807) is 0 Å². The molecule has 1 heterocycles. The molecule has 1 aliphatic rings. The van der Waals surface area contributed by atoms with Crippen molar-refractivity contribution in [1.82, 2.24) is 0 Å². The molecule has 4 aromatic rings. The molecule has 4 aromatic carbocycles. The molecule has 0 amide bonds. The molecule has 0 saturated carbocycles. The number of hydrogen-bond donors (Lipinski definition) is 0. The number of hydrogen-bond acceptors (Lipinski definition) is 4. The predicted octanol–water partition coefficient (Wildman–Crippen LogP) is 2.39. The zero-order valence-electron chi connectivity index (χ0n) is 21.0. The summed E-state index contributed by atoms with van der Waals surface area (Å²) < 4.78 is 5.54. The molecule has 0 fully saturated rings. The first kappa shape index (κ1) is 26.7. The van der Waals surface area contributed by atoms with E-state index in [1.165, 1.54) is 36.7 Å². The Labute approximate surface area is 245 Å². The van der Waals surface area contributed by atoms with Crippen LogP contribution in [0.1, 0.15) is 22.3 Å². The summed E-state index contributed by atoms with van der Waals surface area (Å²) in [4.78, 5) is 18.9. The van der Waals surface area contributed by atoms with Gasteiger partial charge in [0.1, 0.15) is 0 Å². The second-order valence-corrected chi connectivity index (χ2v) is 14.7. The van der Waals surface area contributed by atoms with Gasteiger partial charge in [-0.3, -0.25) is 0 Å².